The SMILES string of the molecule is CC1CC(c2nc(CC3CN(C)CCN3C)no2)CCN1. The monoisotopic (exact) mass is 293 g/mol. The third-order valence-electron chi connectivity index (χ3n) is 4.86. The van der Waals surface area contributed by atoms with Crippen LogP contribution in [0.25, 0.3) is 0 Å². The van der Waals surface area contributed by atoms with Crippen LogP contribution < -0.4 is 5.32 Å². The van der Waals surface area contributed by atoms with Crippen molar-refractivity contribution in [2.45, 2.75) is 44.2 Å². The summed E-state index contributed by atoms with van der Waals surface area (Å²) in [5.41, 5.74) is 0. The number of nitrogens with one attached hydrogen (secondary N) is 1. The van der Waals surface area contributed by atoms with Gasteiger partial charge in [0.15, 0.2) is 5.82 Å². The number of rotatable bonds is 3. The first-order chi connectivity index (χ1) is 10.1. The molecular weight excluding hydrogens is 266 g/mol. The van der Waals surface area contributed by atoms with Crippen molar-refractivity contribution in [2.24, 2.45) is 0 Å². The van der Waals surface area contributed by atoms with E-state index in [0.29, 0.717) is 18.0 Å². The summed E-state index contributed by atoms with van der Waals surface area (Å²) in [5.74, 6) is 2.13. The van der Waals surface area contributed by atoms with E-state index in [1.807, 2.05) is 0 Å². The van der Waals surface area contributed by atoms with Crippen molar-refractivity contribution in [2.75, 3.05) is 40.3 Å². The lowest BCUT2D eigenvalue weighted by atomic mass is 9.93. The first-order valence-corrected chi connectivity index (χ1v) is 8.06. The number of nitrogens with zero attached hydrogens (tertiary/aromatic N) is 4. The van der Waals surface area contributed by atoms with Gasteiger partial charge >= 0.3 is 0 Å². The lowest BCUT2D eigenvalue weighted by Crippen LogP contribution is -2.50. The van der Waals surface area contributed by atoms with E-state index in [0.717, 1.165) is 57.2 Å². The minimum Gasteiger partial charge on any atom is -0.339 e. The maximum Gasteiger partial charge on any atom is 0.229 e. The molecule has 0 aliphatic carbocycles. The molecule has 21 heavy (non-hydrogen) atoms. The van der Waals surface area contributed by atoms with Crippen molar-refractivity contribution in [3.8, 4) is 0 Å². The van der Waals surface area contributed by atoms with Gasteiger partial charge in [0.2, 0.25) is 5.89 Å². The zero-order valence-corrected chi connectivity index (χ0v) is 13.4. The van der Waals surface area contributed by atoms with Gasteiger partial charge in [-0.1, -0.05) is 5.16 Å². The lowest BCUT2D eigenvalue weighted by Gasteiger charge is -2.37. The molecule has 6 nitrogen and oxygen atoms in total. The number of piperazine rings is 1. The second-order valence-corrected chi connectivity index (χ2v) is 6.73. The smallest absolute Gasteiger partial charge is 0.229 e. The number of aromatic nitrogens is 2. The molecule has 2 fully saturated rings. The van der Waals surface area contributed by atoms with E-state index in [1.54, 1.807) is 0 Å². The van der Waals surface area contributed by atoms with Gasteiger partial charge in [-0.05, 0) is 40.4 Å². The minimum atomic E-state index is 0.425. The number of piperidine rings is 1. The topological polar surface area (TPSA) is 57.4 Å². The van der Waals surface area contributed by atoms with Gasteiger partial charge in [0.1, 0.15) is 0 Å². The highest BCUT2D eigenvalue weighted by molar-refractivity contribution is 4.99. The van der Waals surface area contributed by atoms with E-state index >= 15 is 0 Å². The summed E-state index contributed by atoms with van der Waals surface area (Å²) >= 11 is 0. The Morgan fingerprint density at radius 2 is 2.19 bits per heavy atom. The Morgan fingerprint density at radius 1 is 1.33 bits per heavy atom. The summed E-state index contributed by atoms with van der Waals surface area (Å²) in [4.78, 5) is 9.45. The quantitative estimate of drug-likeness (QED) is 0.886. The predicted molar refractivity (Wildman–Crippen MR) is 81.4 cm³/mol. The molecule has 0 radical (unpaired) electrons. The second kappa shape index (κ2) is 6.42. The predicted octanol–water partition coefficient (Wildman–Crippen LogP) is 0.713. The average molecular weight is 293 g/mol. The minimum absolute atomic E-state index is 0.425. The fourth-order valence-electron chi connectivity index (χ4n) is 3.41. The average Bonchev–Trinajstić information content (AvgIpc) is 2.91. The van der Waals surface area contributed by atoms with Gasteiger partial charge < -0.3 is 19.6 Å². The number of hydrogen-bond acceptors (Lipinski definition) is 6. The van der Waals surface area contributed by atoms with Crippen LogP contribution >= 0.6 is 0 Å². The molecule has 3 atom stereocenters. The van der Waals surface area contributed by atoms with Crippen LogP contribution in [0.4, 0.5) is 0 Å². The number of likely N-dealkylation sites (N-methyl/N-ethyl adjacent to an activating group) is 2. The standard InChI is InChI=1S/C15H27N5O/c1-11-8-12(4-5-16-11)15-17-14(18-21-15)9-13-10-19(2)6-7-20(13)3/h11-13,16H,4-10H2,1-3H3. The Morgan fingerprint density at radius 3 is 3.00 bits per heavy atom. The first-order valence-electron chi connectivity index (χ1n) is 8.06. The van der Waals surface area contributed by atoms with Crippen LogP contribution in [-0.4, -0.2) is 72.3 Å². The molecule has 1 aromatic rings. The van der Waals surface area contributed by atoms with E-state index < -0.39 is 0 Å². The Bertz CT molecular complexity index is 463. The zero-order chi connectivity index (χ0) is 14.8. The maximum atomic E-state index is 5.54. The van der Waals surface area contributed by atoms with Crippen LogP contribution in [0, 0.1) is 0 Å². The Labute approximate surface area is 126 Å². The van der Waals surface area contributed by atoms with Crippen LogP contribution in [0.15, 0.2) is 4.52 Å². The van der Waals surface area contributed by atoms with Gasteiger partial charge in [0.25, 0.3) is 0 Å². The lowest BCUT2D eigenvalue weighted by molar-refractivity contribution is 0.113. The summed E-state index contributed by atoms with van der Waals surface area (Å²) in [6.07, 6.45) is 3.07. The van der Waals surface area contributed by atoms with Crippen molar-refractivity contribution >= 4 is 0 Å². The van der Waals surface area contributed by atoms with Crippen molar-refractivity contribution < 1.29 is 4.52 Å². The highest BCUT2D eigenvalue weighted by atomic mass is 16.5. The van der Waals surface area contributed by atoms with Crippen molar-refractivity contribution in [3.63, 3.8) is 0 Å². The maximum absolute atomic E-state index is 5.54. The number of hydrogen-bond donors (Lipinski definition) is 1. The summed E-state index contributed by atoms with van der Waals surface area (Å²) in [5, 5.41) is 7.68. The molecule has 0 spiro atoms. The highest BCUT2D eigenvalue weighted by Crippen LogP contribution is 2.26. The normalized spacial score (nSPS) is 32.4. The molecule has 3 heterocycles. The van der Waals surface area contributed by atoms with Crippen LogP contribution in [0.1, 0.15) is 37.4 Å². The summed E-state index contributed by atoms with van der Waals surface area (Å²) < 4.78 is 5.54. The van der Waals surface area contributed by atoms with E-state index in [9.17, 15) is 0 Å². The van der Waals surface area contributed by atoms with Gasteiger partial charge in [0, 0.05) is 44.1 Å². The summed E-state index contributed by atoms with van der Waals surface area (Å²) in [6.45, 7) is 6.58. The molecule has 3 unspecified atom stereocenters. The molecule has 2 saturated heterocycles. The summed E-state index contributed by atoms with van der Waals surface area (Å²) in [7, 11) is 4.37. The van der Waals surface area contributed by atoms with Crippen LogP contribution in [0.3, 0.4) is 0 Å². The van der Waals surface area contributed by atoms with E-state index in [-0.39, 0.29) is 0 Å². The molecule has 0 aromatic carbocycles. The van der Waals surface area contributed by atoms with Crippen LogP contribution in [0.2, 0.25) is 0 Å². The Kier molecular flexibility index (Phi) is 4.57. The molecular formula is C15H27N5O. The van der Waals surface area contributed by atoms with E-state index in [4.69, 9.17) is 4.52 Å². The molecule has 3 rings (SSSR count). The van der Waals surface area contributed by atoms with Crippen molar-refractivity contribution in [3.05, 3.63) is 11.7 Å². The molecule has 6 heteroatoms. The fourth-order valence-corrected chi connectivity index (χ4v) is 3.41. The molecule has 0 saturated carbocycles. The molecule has 0 amide bonds. The fraction of sp³-hybridized carbons (Fsp3) is 0.867. The summed E-state index contributed by atoms with van der Waals surface area (Å²) in [6, 6.07) is 1.03. The van der Waals surface area contributed by atoms with Crippen LogP contribution in [-0.2, 0) is 6.42 Å². The molecule has 0 bridgehead atoms. The van der Waals surface area contributed by atoms with Gasteiger partial charge in [0.05, 0.1) is 0 Å². The molecule has 1 aromatic heterocycles. The van der Waals surface area contributed by atoms with Gasteiger partial charge in [-0.2, -0.15) is 4.98 Å². The Hall–Kier alpha value is -0.980. The third kappa shape index (κ3) is 3.62. The van der Waals surface area contributed by atoms with Crippen LogP contribution in [0.5, 0.6) is 0 Å². The van der Waals surface area contributed by atoms with Crippen molar-refractivity contribution in [1.82, 2.24) is 25.3 Å². The van der Waals surface area contributed by atoms with E-state index in [1.165, 1.54) is 0 Å². The molecule has 1 N–H and O–H groups in total. The first kappa shape index (κ1) is 14.9. The highest BCUT2D eigenvalue weighted by Gasteiger charge is 2.27. The molecule has 118 valence electrons. The van der Waals surface area contributed by atoms with Gasteiger partial charge in [-0.15, -0.1) is 0 Å². The van der Waals surface area contributed by atoms with Crippen molar-refractivity contribution in [1.29, 1.82) is 0 Å². The van der Waals surface area contributed by atoms with Gasteiger partial charge in [-0.25, -0.2) is 0 Å². The van der Waals surface area contributed by atoms with E-state index in [2.05, 4.69) is 46.3 Å². The Balaban J connectivity index is 1.62. The molecule has 2 aliphatic rings. The molecule has 2 aliphatic heterocycles. The second-order valence-electron chi connectivity index (χ2n) is 6.73. The third-order valence-corrected chi connectivity index (χ3v) is 4.86. The van der Waals surface area contributed by atoms with Gasteiger partial charge in [-0.3, -0.25) is 0 Å². The largest absolute Gasteiger partial charge is 0.339 e. The zero-order valence-electron chi connectivity index (χ0n) is 13.4.